The second kappa shape index (κ2) is 8.31. The standard InChI is InChI=1S/C21H19N3O3S/c25-19(14-6-5-10-22-12-14)24-20-18(16-8-1-2-9-17(16)28-20)21(26)27-13-15-7-3-4-11-23-15/h3-7,10-12H,1-2,8-9,13H2,(H,24,25). The van der Waals surface area contributed by atoms with Gasteiger partial charge in [0.15, 0.2) is 0 Å². The molecule has 1 amide bonds. The topological polar surface area (TPSA) is 81.2 Å². The van der Waals surface area contributed by atoms with E-state index >= 15 is 0 Å². The predicted molar refractivity (Wildman–Crippen MR) is 107 cm³/mol. The number of carbonyl (C=O) groups excluding carboxylic acids is 2. The number of pyridine rings is 2. The van der Waals surface area contributed by atoms with Crippen LogP contribution in [0.25, 0.3) is 0 Å². The number of esters is 1. The molecule has 1 aliphatic carbocycles. The van der Waals surface area contributed by atoms with Crippen molar-refractivity contribution < 1.29 is 14.3 Å². The first kappa shape index (κ1) is 18.3. The number of rotatable bonds is 5. The van der Waals surface area contributed by atoms with Gasteiger partial charge in [0.2, 0.25) is 0 Å². The average Bonchev–Trinajstić information content (AvgIpc) is 3.11. The molecule has 0 aliphatic heterocycles. The van der Waals surface area contributed by atoms with Crippen molar-refractivity contribution in [3.8, 4) is 0 Å². The highest BCUT2D eigenvalue weighted by molar-refractivity contribution is 7.17. The van der Waals surface area contributed by atoms with Crippen LogP contribution in [0.15, 0.2) is 48.9 Å². The van der Waals surface area contributed by atoms with Crippen LogP contribution in [-0.4, -0.2) is 21.8 Å². The lowest BCUT2D eigenvalue weighted by atomic mass is 9.95. The third-order valence-electron chi connectivity index (χ3n) is 4.60. The summed E-state index contributed by atoms with van der Waals surface area (Å²) in [5, 5.41) is 3.43. The Labute approximate surface area is 166 Å². The highest BCUT2D eigenvalue weighted by Crippen LogP contribution is 2.38. The lowest BCUT2D eigenvalue weighted by Gasteiger charge is -2.13. The fourth-order valence-corrected chi connectivity index (χ4v) is 4.51. The Morgan fingerprint density at radius 2 is 2.00 bits per heavy atom. The van der Waals surface area contributed by atoms with E-state index in [1.165, 1.54) is 17.5 Å². The quantitative estimate of drug-likeness (QED) is 0.662. The van der Waals surface area contributed by atoms with Gasteiger partial charge in [0.1, 0.15) is 11.6 Å². The molecule has 0 spiro atoms. The number of amides is 1. The molecule has 1 N–H and O–H groups in total. The fourth-order valence-electron chi connectivity index (χ4n) is 3.24. The highest BCUT2D eigenvalue weighted by Gasteiger charge is 2.27. The molecule has 28 heavy (non-hydrogen) atoms. The van der Waals surface area contributed by atoms with E-state index in [1.54, 1.807) is 30.6 Å². The largest absolute Gasteiger partial charge is 0.455 e. The minimum atomic E-state index is -0.425. The molecule has 4 rings (SSSR count). The molecule has 0 saturated carbocycles. The van der Waals surface area contributed by atoms with Gasteiger partial charge in [0.05, 0.1) is 16.8 Å². The maximum absolute atomic E-state index is 12.9. The monoisotopic (exact) mass is 393 g/mol. The Bertz CT molecular complexity index is 987. The van der Waals surface area contributed by atoms with Crippen molar-refractivity contribution in [3.05, 3.63) is 76.2 Å². The molecule has 0 saturated heterocycles. The normalized spacial score (nSPS) is 12.9. The molecular weight excluding hydrogens is 374 g/mol. The van der Waals surface area contributed by atoms with Crippen LogP contribution in [0.1, 0.15) is 49.7 Å². The van der Waals surface area contributed by atoms with Gasteiger partial charge in [-0.1, -0.05) is 6.07 Å². The zero-order valence-electron chi connectivity index (χ0n) is 15.2. The summed E-state index contributed by atoms with van der Waals surface area (Å²) in [6.45, 7) is 0.0975. The molecule has 0 radical (unpaired) electrons. The Balaban J connectivity index is 1.58. The molecule has 3 aromatic rings. The fraction of sp³-hybridized carbons (Fsp3) is 0.238. The van der Waals surface area contributed by atoms with Gasteiger partial charge < -0.3 is 10.1 Å². The number of anilines is 1. The SMILES string of the molecule is O=C(Nc1sc2c(c1C(=O)OCc1ccccn1)CCCC2)c1cccnc1. The van der Waals surface area contributed by atoms with Gasteiger partial charge in [0.25, 0.3) is 5.91 Å². The zero-order chi connectivity index (χ0) is 19.3. The summed E-state index contributed by atoms with van der Waals surface area (Å²) in [5.74, 6) is -0.711. The number of hydrogen-bond acceptors (Lipinski definition) is 6. The smallest absolute Gasteiger partial charge is 0.341 e. The van der Waals surface area contributed by atoms with E-state index in [1.807, 2.05) is 12.1 Å². The number of aryl methyl sites for hydroxylation is 1. The number of carbonyl (C=O) groups is 2. The summed E-state index contributed by atoms with van der Waals surface area (Å²) < 4.78 is 5.51. The molecule has 7 heteroatoms. The zero-order valence-corrected chi connectivity index (χ0v) is 16.0. The molecule has 0 fully saturated rings. The minimum Gasteiger partial charge on any atom is -0.455 e. The first-order valence-electron chi connectivity index (χ1n) is 9.15. The molecule has 3 heterocycles. The molecule has 1 aliphatic rings. The minimum absolute atomic E-state index is 0.0975. The summed E-state index contributed by atoms with van der Waals surface area (Å²) in [4.78, 5) is 34.8. The van der Waals surface area contributed by atoms with Gasteiger partial charge in [-0.05, 0) is 55.5 Å². The van der Waals surface area contributed by atoms with Crippen LogP contribution in [0, 0.1) is 0 Å². The molecule has 3 aromatic heterocycles. The molecule has 0 atom stereocenters. The molecule has 0 bridgehead atoms. The Morgan fingerprint density at radius 1 is 1.11 bits per heavy atom. The average molecular weight is 393 g/mol. The second-order valence-corrected chi connectivity index (χ2v) is 7.61. The van der Waals surface area contributed by atoms with E-state index in [4.69, 9.17) is 4.74 Å². The van der Waals surface area contributed by atoms with E-state index in [0.29, 0.717) is 21.8 Å². The van der Waals surface area contributed by atoms with Crippen molar-refractivity contribution in [1.82, 2.24) is 9.97 Å². The van der Waals surface area contributed by atoms with Crippen molar-refractivity contribution in [2.24, 2.45) is 0 Å². The second-order valence-electron chi connectivity index (χ2n) is 6.51. The van der Waals surface area contributed by atoms with Gasteiger partial charge in [-0.3, -0.25) is 14.8 Å². The Morgan fingerprint density at radius 3 is 2.79 bits per heavy atom. The summed E-state index contributed by atoms with van der Waals surface area (Å²) in [6.07, 6.45) is 8.64. The first-order chi connectivity index (χ1) is 13.7. The van der Waals surface area contributed by atoms with E-state index in [-0.39, 0.29) is 12.5 Å². The van der Waals surface area contributed by atoms with Crippen LogP contribution in [0.2, 0.25) is 0 Å². The van der Waals surface area contributed by atoms with Crippen LogP contribution in [0.4, 0.5) is 5.00 Å². The van der Waals surface area contributed by atoms with Crippen LogP contribution >= 0.6 is 11.3 Å². The molecule has 6 nitrogen and oxygen atoms in total. The van der Waals surface area contributed by atoms with Gasteiger partial charge >= 0.3 is 5.97 Å². The lowest BCUT2D eigenvalue weighted by Crippen LogP contribution is -2.16. The summed E-state index contributed by atoms with van der Waals surface area (Å²) in [7, 11) is 0. The molecular formula is C21H19N3O3S. The molecule has 0 aromatic carbocycles. The van der Waals surface area contributed by atoms with Gasteiger partial charge in [-0.2, -0.15) is 0 Å². The van der Waals surface area contributed by atoms with Gasteiger partial charge in [-0.25, -0.2) is 4.79 Å². The highest BCUT2D eigenvalue weighted by atomic mass is 32.1. The number of nitrogens with zero attached hydrogens (tertiary/aromatic N) is 2. The van der Waals surface area contributed by atoms with E-state index < -0.39 is 5.97 Å². The van der Waals surface area contributed by atoms with Crippen LogP contribution in [0.5, 0.6) is 0 Å². The summed E-state index contributed by atoms with van der Waals surface area (Å²) in [5.41, 5.74) is 2.61. The number of thiophene rings is 1. The number of aromatic nitrogens is 2. The summed E-state index contributed by atoms with van der Waals surface area (Å²) >= 11 is 1.47. The van der Waals surface area contributed by atoms with E-state index in [0.717, 1.165) is 36.1 Å². The Hall–Kier alpha value is -3.06. The Kier molecular flexibility index (Phi) is 5.43. The van der Waals surface area contributed by atoms with Gasteiger partial charge in [-0.15, -0.1) is 11.3 Å². The van der Waals surface area contributed by atoms with Crippen molar-refractivity contribution in [2.45, 2.75) is 32.3 Å². The summed E-state index contributed by atoms with van der Waals surface area (Å²) in [6, 6.07) is 8.86. The molecule has 142 valence electrons. The van der Waals surface area contributed by atoms with Crippen LogP contribution < -0.4 is 5.32 Å². The van der Waals surface area contributed by atoms with E-state index in [9.17, 15) is 9.59 Å². The van der Waals surface area contributed by atoms with Crippen molar-refractivity contribution in [2.75, 3.05) is 5.32 Å². The van der Waals surface area contributed by atoms with Crippen molar-refractivity contribution in [1.29, 1.82) is 0 Å². The molecule has 0 unspecified atom stereocenters. The number of ether oxygens (including phenoxy) is 1. The van der Waals surface area contributed by atoms with Crippen LogP contribution in [-0.2, 0) is 24.2 Å². The third kappa shape index (κ3) is 3.94. The van der Waals surface area contributed by atoms with Crippen molar-refractivity contribution in [3.63, 3.8) is 0 Å². The lowest BCUT2D eigenvalue weighted by molar-refractivity contribution is 0.0468. The maximum Gasteiger partial charge on any atom is 0.341 e. The van der Waals surface area contributed by atoms with Crippen LogP contribution in [0.3, 0.4) is 0 Å². The van der Waals surface area contributed by atoms with E-state index in [2.05, 4.69) is 15.3 Å². The van der Waals surface area contributed by atoms with Gasteiger partial charge in [0, 0.05) is 23.5 Å². The third-order valence-corrected chi connectivity index (χ3v) is 5.81. The van der Waals surface area contributed by atoms with Crippen molar-refractivity contribution >= 4 is 28.2 Å². The number of hydrogen-bond donors (Lipinski definition) is 1. The maximum atomic E-state index is 12.9. The number of fused-ring (bicyclic) bond motifs is 1. The number of nitrogens with one attached hydrogen (secondary N) is 1. The predicted octanol–water partition coefficient (Wildman–Crippen LogP) is 4.03. The first-order valence-corrected chi connectivity index (χ1v) is 9.97.